The van der Waals surface area contributed by atoms with Gasteiger partial charge < -0.3 is 10.1 Å². The number of halogens is 2. The Hall–Kier alpha value is -2.24. The van der Waals surface area contributed by atoms with Crippen molar-refractivity contribution in [3.8, 4) is 5.75 Å². The van der Waals surface area contributed by atoms with Crippen LogP contribution in [0.1, 0.15) is 30.6 Å². The number of para-hydroxylation sites is 1. The molecular formula is C15H15F2N3O. The number of nitrogens with zero attached hydrogens (tertiary/aromatic N) is 2. The van der Waals surface area contributed by atoms with Gasteiger partial charge in [-0.05, 0) is 12.5 Å². The lowest BCUT2D eigenvalue weighted by atomic mass is 10.0. The SMILES string of the molecule is CCc1ncnc(N[C@H]2CCOc3c(F)cccc32)c1F. The van der Waals surface area contributed by atoms with Gasteiger partial charge in [0.2, 0.25) is 0 Å². The fourth-order valence-corrected chi connectivity index (χ4v) is 2.45. The molecule has 1 N–H and O–H groups in total. The average molecular weight is 291 g/mol. The summed E-state index contributed by atoms with van der Waals surface area (Å²) in [6.07, 6.45) is 2.43. The number of ether oxygens (including phenoxy) is 1. The van der Waals surface area contributed by atoms with E-state index in [1.807, 2.05) is 6.92 Å². The number of nitrogens with one attached hydrogen (secondary N) is 1. The zero-order valence-corrected chi connectivity index (χ0v) is 11.6. The maximum atomic E-state index is 14.2. The molecule has 0 radical (unpaired) electrons. The summed E-state index contributed by atoms with van der Waals surface area (Å²) in [6, 6.07) is 4.50. The molecule has 0 saturated heterocycles. The minimum atomic E-state index is -0.454. The number of aryl methyl sites for hydroxylation is 1. The second-order valence-electron chi connectivity index (χ2n) is 4.83. The van der Waals surface area contributed by atoms with Crippen molar-refractivity contribution in [2.24, 2.45) is 0 Å². The van der Waals surface area contributed by atoms with Crippen molar-refractivity contribution in [3.05, 3.63) is 47.4 Å². The van der Waals surface area contributed by atoms with Crippen LogP contribution < -0.4 is 10.1 Å². The van der Waals surface area contributed by atoms with E-state index in [1.165, 1.54) is 12.4 Å². The average Bonchev–Trinajstić information content (AvgIpc) is 2.50. The third-order valence-electron chi connectivity index (χ3n) is 3.53. The first-order valence-corrected chi connectivity index (χ1v) is 6.87. The molecule has 3 rings (SSSR count). The van der Waals surface area contributed by atoms with Gasteiger partial charge in [-0.1, -0.05) is 19.1 Å². The van der Waals surface area contributed by atoms with Crippen LogP contribution in [0.15, 0.2) is 24.5 Å². The van der Waals surface area contributed by atoms with Crippen molar-refractivity contribution >= 4 is 5.82 Å². The van der Waals surface area contributed by atoms with E-state index in [1.54, 1.807) is 12.1 Å². The molecule has 1 aliphatic rings. The molecule has 0 fully saturated rings. The molecule has 1 aliphatic heterocycles. The standard InChI is InChI=1S/C15H15F2N3O/c1-2-11-13(17)15(19-8-18-11)20-12-6-7-21-14-9(12)4-3-5-10(14)16/h3-5,8,12H,2,6-7H2,1H3,(H,18,19,20)/t12-/m0/s1. The summed E-state index contributed by atoms with van der Waals surface area (Å²) in [5.74, 6) is -0.490. The van der Waals surface area contributed by atoms with Crippen LogP contribution in [-0.4, -0.2) is 16.6 Å². The number of hydrogen-bond donors (Lipinski definition) is 1. The first kappa shape index (κ1) is 13.7. The lowest BCUT2D eigenvalue weighted by molar-refractivity contribution is 0.260. The number of fused-ring (bicyclic) bond motifs is 1. The van der Waals surface area contributed by atoms with Gasteiger partial charge in [0.05, 0.1) is 18.3 Å². The Labute approximate surface area is 121 Å². The zero-order valence-electron chi connectivity index (χ0n) is 11.6. The van der Waals surface area contributed by atoms with E-state index in [-0.39, 0.29) is 17.6 Å². The maximum absolute atomic E-state index is 14.2. The first-order valence-electron chi connectivity index (χ1n) is 6.87. The third kappa shape index (κ3) is 2.53. The van der Waals surface area contributed by atoms with Crippen LogP contribution in [0.2, 0.25) is 0 Å². The van der Waals surface area contributed by atoms with Crippen LogP contribution in [0.25, 0.3) is 0 Å². The van der Waals surface area contributed by atoms with Crippen LogP contribution in [0.5, 0.6) is 5.75 Å². The summed E-state index contributed by atoms with van der Waals surface area (Å²) >= 11 is 0. The molecular weight excluding hydrogens is 276 g/mol. The lowest BCUT2D eigenvalue weighted by Crippen LogP contribution is -2.22. The van der Waals surface area contributed by atoms with Crippen LogP contribution in [-0.2, 0) is 6.42 Å². The molecule has 0 spiro atoms. The number of anilines is 1. The van der Waals surface area contributed by atoms with Crippen molar-refractivity contribution < 1.29 is 13.5 Å². The second kappa shape index (κ2) is 5.63. The Bertz CT molecular complexity index is 663. The van der Waals surface area contributed by atoms with Gasteiger partial charge in [0.25, 0.3) is 0 Å². The zero-order chi connectivity index (χ0) is 14.8. The van der Waals surface area contributed by atoms with Gasteiger partial charge in [-0.2, -0.15) is 0 Å². The van der Waals surface area contributed by atoms with E-state index >= 15 is 0 Å². The van der Waals surface area contributed by atoms with E-state index in [2.05, 4.69) is 15.3 Å². The van der Waals surface area contributed by atoms with E-state index in [0.29, 0.717) is 30.7 Å². The summed E-state index contributed by atoms with van der Waals surface area (Å²) in [6.45, 7) is 2.20. The van der Waals surface area contributed by atoms with Crippen LogP contribution >= 0.6 is 0 Å². The number of hydrogen-bond acceptors (Lipinski definition) is 4. The van der Waals surface area contributed by atoms with Gasteiger partial charge in [-0.25, -0.2) is 18.7 Å². The predicted octanol–water partition coefficient (Wildman–Crippen LogP) is 3.25. The molecule has 2 aromatic rings. The highest BCUT2D eigenvalue weighted by Gasteiger charge is 2.25. The van der Waals surface area contributed by atoms with E-state index in [4.69, 9.17) is 4.74 Å². The fourth-order valence-electron chi connectivity index (χ4n) is 2.45. The Morgan fingerprint density at radius 3 is 3.00 bits per heavy atom. The largest absolute Gasteiger partial charge is 0.490 e. The number of aromatic nitrogens is 2. The topological polar surface area (TPSA) is 47.0 Å². The number of rotatable bonds is 3. The highest BCUT2D eigenvalue weighted by atomic mass is 19.1. The molecule has 21 heavy (non-hydrogen) atoms. The Morgan fingerprint density at radius 1 is 1.33 bits per heavy atom. The van der Waals surface area contributed by atoms with Crippen molar-refractivity contribution in [1.29, 1.82) is 0 Å². The van der Waals surface area contributed by atoms with Gasteiger partial charge in [-0.3, -0.25) is 0 Å². The summed E-state index contributed by atoms with van der Waals surface area (Å²) < 4.78 is 33.3. The van der Waals surface area contributed by atoms with Crippen molar-refractivity contribution in [2.45, 2.75) is 25.8 Å². The fraction of sp³-hybridized carbons (Fsp3) is 0.333. The molecule has 0 unspecified atom stereocenters. The molecule has 2 heterocycles. The molecule has 1 aromatic carbocycles. The first-order chi connectivity index (χ1) is 10.2. The van der Waals surface area contributed by atoms with Crippen LogP contribution in [0, 0.1) is 11.6 Å². The maximum Gasteiger partial charge on any atom is 0.186 e. The molecule has 110 valence electrons. The van der Waals surface area contributed by atoms with E-state index < -0.39 is 11.6 Å². The highest BCUT2D eigenvalue weighted by molar-refractivity contribution is 5.46. The smallest absolute Gasteiger partial charge is 0.186 e. The Balaban J connectivity index is 1.92. The Kier molecular flexibility index (Phi) is 3.68. The van der Waals surface area contributed by atoms with E-state index in [0.717, 1.165) is 0 Å². The molecule has 4 nitrogen and oxygen atoms in total. The van der Waals surface area contributed by atoms with Crippen molar-refractivity contribution in [2.75, 3.05) is 11.9 Å². The van der Waals surface area contributed by atoms with E-state index in [9.17, 15) is 8.78 Å². The van der Waals surface area contributed by atoms with Gasteiger partial charge in [0, 0.05) is 12.0 Å². The third-order valence-corrected chi connectivity index (χ3v) is 3.53. The minimum Gasteiger partial charge on any atom is -0.490 e. The van der Waals surface area contributed by atoms with Gasteiger partial charge in [0.1, 0.15) is 6.33 Å². The normalized spacial score (nSPS) is 17.0. The monoisotopic (exact) mass is 291 g/mol. The quantitative estimate of drug-likeness (QED) is 0.943. The molecule has 1 atom stereocenters. The molecule has 0 aliphatic carbocycles. The van der Waals surface area contributed by atoms with Gasteiger partial charge in [0.15, 0.2) is 23.2 Å². The molecule has 0 saturated carbocycles. The summed E-state index contributed by atoms with van der Waals surface area (Å²) in [4.78, 5) is 7.84. The lowest BCUT2D eigenvalue weighted by Gasteiger charge is -2.27. The number of benzene rings is 1. The predicted molar refractivity (Wildman–Crippen MR) is 74.2 cm³/mol. The highest BCUT2D eigenvalue weighted by Crippen LogP contribution is 2.36. The molecule has 0 bridgehead atoms. The second-order valence-corrected chi connectivity index (χ2v) is 4.83. The van der Waals surface area contributed by atoms with Crippen molar-refractivity contribution in [3.63, 3.8) is 0 Å². The van der Waals surface area contributed by atoms with Crippen LogP contribution in [0.3, 0.4) is 0 Å². The molecule has 6 heteroatoms. The minimum absolute atomic E-state index is 0.143. The van der Waals surface area contributed by atoms with Crippen LogP contribution in [0.4, 0.5) is 14.6 Å². The van der Waals surface area contributed by atoms with Crippen molar-refractivity contribution in [1.82, 2.24) is 9.97 Å². The van der Waals surface area contributed by atoms with Gasteiger partial charge >= 0.3 is 0 Å². The molecule has 0 amide bonds. The summed E-state index contributed by atoms with van der Waals surface area (Å²) in [5, 5.41) is 3.03. The summed E-state index contributed by atoms with van der Waals surface area (Å²) in [7, 11) is 0. The Morgan fingerprint density at radius 2 is 2.19 bits per heavy atom. The molecule has 1 aromatic heterocycles. The van der Waals surface area contributed by atoms with Gasteiger partial charge in [-0.15, -0.1) is 0 Å². The summed E-state index contributed by atoms with van der Waals surface area (Å²) in [5.41, 5.74) is 1.04.